The molecule has 0 bridgehead atoms. The summed E-state index contributed by atoms with van der Waals surface area (Å²) < 4.78 is 0. The highest BCUT2D eigenvalue weighted by Crippen LogP contribution is 2.28. The maximum Gasteiger partial charge on any atom is 0.129 e. The monoisotopic (exact) mass is 264 g/mol. The molecule has 1 aromatic heterocycles. The molecular weight excluding hydrogens is 248 g/mol. The van der Waals surface area contributed by atoms with Crippen LogP contribution in [0.1, 0.15) is 22.8 Å². The smallest absolute Gasteiger partial charge is 0.129 e. The molecular formula is C17H16N2O. The van der Waals surface area contributed by atoms with Crippen molar-refractivity contribution in [3.63, 3.8) is 0 Å². The molecule has 100 valence electrons. The summed E-state index contributed by atoms with van der Waals surface area (Å²) in [4.78, 5) is 4.11. The quantitative estimate of drug-likeness (QED) is 0.747. The van der Waals surface area contributed by atoms with Gasteiger partial charge in [0.25, 0.3) is 0 Å². The molecule has 0 aliphatic rings. The third-order valence-corrected chi connectivity index (χ3v) is 3.47. The minimum absolute atomic E-state index is 0.372. The summed E-state index contributed by atoms with van der Waals surface area (Å²) in [5.41, 5.74) is 8.32. The lowest BCUT2D eigenvalue weighted by Crippen LogP contribution is -2.06. The molecule has 1 atom stereocenters. The van der Waals surface area contributed by atoms with Crippen LogP contribution in [0.3, 0.4) is 0 Å². The first kappa shape index (κ1) is 12.6. The summed E-state index contributed by atoms with van der Waals surface area (Å²) in [7, 11) is 0. The van der Waals surface area contributed by atoms with Crippen LogP contribution in [0.25, 0.3) is 10.8 Å². The SMILES string of the molecule is Cc1cnc(N)c(C(O)c2ccc3ccccc3c2)c1. The van der Waals surface area contributed by atoms with E-state index >= 15 is 0 Å². The summed E-state index contributed by atoms with van der Waals surface area (Å²) in [6, 6.07) is 15.9. The number of aromatic nitrogens is 1. The third kappa shape index (κ3) is 2.24. The summed E-state index contributed by atoms with van der Waals surface area (Å²) in [6.45, 7) is 1.93. The number of aliphatic hydroxyl groups is 1. The molecule has 0 fully saturated rings. The predicted octanol–water partition coefficient (Wildman–Crippen LogP) is 3.21. The van der Waals surface area contributed by atoms with Crippen molar-refractivity contribution >= 4 is 16.6 Å². The summed E-state index contributed by atoms with van der Waals surface area (Å²) in [6.07, 6.45) is 0.943. The Morgan fingerprint density at radius 3 is 2.60 bits per heavy atom. The summed E-state index contributed by atoms with van der Waals surface area (Å²) in [5.74, 6) is 0.372. The minimum atomic E-state index is -0.757. The topological polar surface area (TPSA) is 59.1 Å². The fourth-order valence-electron chi connectivity index (χ4n) is 2.38. The average molecular weight is 264 g/mol. The first-order valence-corrected chi connectivity index (χ1v) is 6.54. The number of aryl methyl sites for hydroxylation is 1. The normalized spacial score (nSPS) is 12.5. The van der Waals surface area contributed by atoms with Crippen LogP contribution in [0.5, 0.6) is 0 Å². The maximum absolute atomic E-state index is 10.5. The van der Waals surface area contributed by atoms with E-state index in [2.05, 4.69) is 4.98 Å². The van der Waals surface area contributed by atoms with E-state index in [0.717, 1.165) is 21.9 Å². The van der Waals surface area contributed by atoms with Gasteiger partial charge in [0, 0.05) is 11.8 Å². The van der Waals surface area contributed by atoms with Crippen LogP contribution < -0.4 is 5.73 Å². The van der Waals surface area contributed by atoms with Crippen LogP contribution in [0.4, 0.5) is 5.82 Å². The van der Waals surface area contributed by atoms with Crippen molar-refractivity contribution in [2.45, 2.75) is 13.0 Å². The van der Waals surface area contributed by atoms with E-state index in [-0.39, 0.29) is 0 Å². The van der Waals surface area contributed by atoms with Crippen molar-refractivity contribution < 1.29 is 5.11 Å². The fourth-order valence-corrected chi connectivity index (χ4v) is 2.38. The van der Waals surface area contributed by atoms with Gasteiger partial charge in [-0.3, -0.25) is 0 Å². The number of pyridine rings is 1. The van der Waals surface area contributed by atoms with Crippen molar-refractivity contribution in [3.05, 3.63) is 71.4 Å². The van der Waals surface area contributed by atoms with Crippen LogP contribution >= 0.6 is 0 Å². The second-order valence-corrected chi connectivity index (χ2v) is 5.00. The van der Waals surface area contributed by atoms with Gasteiger partial charge in [-0.15, -0.1) is 0 Å². The number of nitrogens with zero attached hydrogens (tertiary/aromatic N) is 1. The largest absolute Gasteiger partial charge is 0.384 e. The lowest BCUT2D eigenvalue weighted by atomic mass is 9.98. The van der Waals surface area contributed by atoms with E-state index in [1.807, 2.05) is 55.5 Å². The molecule has 0 amide bonds. The van der Waals surface area contributed by atoms with Crippen LogP contribution in [-0.4, -0.2) is 10.1 Å². The standard InChI is InChI=1S/C17H16N2O/c1-11-8-15(17(18)19-10-11)16(20)14-7-6-12-4-2-3-5-13(12)9-14/h2-10,16,20H,1H3,(H2,18,19). The number of aliphatic hydroxyl groups excluding tert-OH is 1. The molecule has 3 rings (SSSR count). The Balaban J connectivity index is 2.07. The van der Waals surface area contributed by atoms with Crippen LogP contribution in [0.2, 0.25) is 0 Å². The van der Waals surface area contributed by atoms with Gasteiger partial charge in [0.05, 0.1) is 0 Å². The molecule has 3 heteroatoms. The first-order valence-electron chi connectivity index (χ1n) is 6.54. The van der Waals surface area contributed by atoms with Crippen molar-refractivity contribution in [2.24, 2.45) is 0 Å². The Bertz CT molecular complexity index is 768. The molecule has 2 aromatic carbocycles. The zero-order valence-electron chi connectivity index (χ0n) is 11.2. The second kappa shape index (κ2) is 4.94. The highest BCUT2D eigenvalue weighted by Gasteiger charge is 2.15. The van der Waals surface area contributed by atoms with Gasteiger partial charge >= 0.3 is 0 Å². The number of nitrogen functional groups attached to an aromatic ring is 1. The van der Waals surface area contributed by atoms with Crippen LogP contribution in [0.15, 0.2) is 54.7 Å². The Morgan fingerprint density at radius 1 is 1.05 bits per heavy atom. The predicted molar refractivity (Wildman–Crippen MR) is 81.4 cm³/mol. The molecule has 3 nitrogen and oxygen atoms in total. The number of anilines is 1. The molecule has 3 aromatic rings. The van der Waals surface area contributed by atoms with Gasteiger partial charge in [0.15, 0.2) is 0 Å². The van der Waals surface area contributed by atoms with Gasteiger partial charge in [0.2, 0.25) is 0 Å². The molecule has 0 aliphatic carbocycles. The van der Waals surface area contributed by atoms with Crippen molar-refractivity contribution in [3.8, 4) is 0 Å². The minimum Gasteiger partial charge on any atom is -0.384 e. The lowest BCUT2D eigenvalue weighted by molar-refractivity contribution is 0.221. The molecule has 0 saturated carbocycles. The van der Waals surface area contributed by atoms with Gasteiger partial charge in [-0.2, -0.15) is 0 Å². The van der Waals surface area contributed by atoms with Gasteiger partial charge in [-0.25, -0.2) is 4.98 Å². The number of rotatable bonds is 2. The molecule has 0 radical (unpaired) electrons. The highest BCUT2D eigenvalue weighted by molar-refractivity contribution is 5.83. The molecule has 0 aliphatic heterocycles. The molecule has 0 spiro atoms. The highest BCUT2D eigenvalue weighted by atomic mass is 16.3. The molecule has 1 heterocycles. The maximum atomic E-state index is 10.5. The van der Waals surface area contributed by atoms with Gasteiger partial charge in [-0.05, 0) is 41.0 Å². The number of nitrogens with two attached hydrogens (primary N) is 1. The Hall–Kier alpha value is -2.39. The fraction of sp³-hybridized carbons (Fsp3) is 0.118. The van der Waals surface area contributed by atoms with Gasteiger partial charge in [-0.1, -0.05) is 36.4 Å². The van der Waals surface area contributed by atoms with Crippen molar-refractivity contribution in [1.29, 1.82) is 0 Å². The van der Waals surface area contributed by atoms with E-state index in [4.69, 9.17) is 5.73 Å². The zero-order chi connectivity index (χ0) is 14.1. The molecule has 0 saturated heterocycles. The summed E-state index contributed by atoms with van der Waals surface area (Å²) in [5, 5.41) is 12.8. The zero-order valence-corrected chi connectivity index (χ0v) is 11.2. The Kier molecular flexibility index (Phi) is 3.12. The number of benzene rings is 2. The van der Waals surface area contributed by atoms with Gasteiger partial charge in [0.1, 0.15) is 11.9 Å². The molecule has 1 unspecified atom stereocenters. The van der Waals surface area contributed by atoms with Gasteiger partial charge < -0.3 is 10.8 Å². The van der Waals surface area contributed by atoms with Crippen molar-refractivity contribution in [2.75, 3.05) is 5.73 Å². The van der Waals surface area contributed by atoms with Crippen LogP contribution in [0, 0.1) is 6.92 Å². The van der Waals surface area contributed by atoms with E-state index < -0.39 is 6.10 Å². The number of fused-ring (bicyclic) bond motifs is 1. The van der Waals surface area contributed by atoms with E-state index in [9.17, 15) is 5.11 Å². The van der Waals surface area contributed by atoms with E-state index in [1.165, 1.54) is 0 Å². The second-order valence-electron chi connectivity index (χ2n) is 5.00. The van der Waals surface area contributed by atoms with E-state index in [1.54, 1.807) is 6.20 Å². The summed E-state index contributed by atoms with van der Waals surface area (Å²) >= 11 is 0. The Morgan fingerprint density at radius 2 is 1.80 bits per heavy atom. The third-order valence-electron chi connectivity index (χ3n) is 3.47. The average Bonchev–Trinajstić information content (AvgIpc) is 2.48. The molecule has 20 heavy (non-hydrogen) atoms. The first-order chi connectivity index (χ1) is 9.65. The number of hydrogen-bond donors (Lipinski definition) is 2. The van der Waals surface area contributed by atoms with Crippen LogP contribution in [-0.2, 0) is 0 Å². The molecule has 3 N–H and O–H groups in total. The Labute approximate surface area is 117 Å². The van der Waals surface area contributed by atoms with Crippen molar-refractivity contribution in [1.82, 2.24) is 4.98 Å². The number of hydrogen-bond acceptors (Lipinski definition) is 3. The lowest BCUT2D eigenvalue weighted by Gasteiger charge is -2.14. The van der Waals surface area contributed by atoms with E-state index in [0.29, 0.717) is 11.4 Å².